The molecule has 0 aromatic heterocycles. The van der Waals surface area contributed by atoms with E-state index >= 15 is 0 Å². The third-order valence-electron chi connectivity index (χ3n) is 3.19. The lowest BCUT2D eigenvalue weighted by atomic mass is 10.0. The Kier molecular flexibility index (Phi) is 3.00. The molecule has 1 amide bonds. The van der Waals surface area contributed by atoms with Crippen molar-refractivity contribution in [2.45, 2.75) is 37.4 Å². The SMILES string of the molecule is O=C(NCCS(=O)(=O)C1CCC1)C1CC1. The predicted molar refractivity (Wildman–Crippen MR) is 57.2 cm³/mol. The molecule has 0 saturated heterocycles. The summed E-state index contributed by atoms with van der Waals surface area (Å²) in [4.78, 5) is 11.2. The Morgan fingerprint density at radius 2 is 1.87 bits per heavy atom. The molecule has 0 heterocycles. The number of carbonyl (C=O) groups is 1. The van der Waals surface area contributed by atoms with Gasteiger partial charge in [0.15, 0.2) is 9.84 Å². The van der Waals surface area contributed by atoms with Crippen LogP contribution in [-0.4, -0.2) is 31.9 Å². The molecule has 0 aliphatic heterocycles. The molecule has 2 saturated carbocycles. The Labute approximate surface area is 90.3 Å². The second kappa shape index (κ2) is 4.12. The standard InChI is InChI=1S/C10H17NO3S/c12-10(8-4-5-8)11-6-7-15(13,14)9-2-1-3-9/h8-9H,1-7H2,(H,11,12). The maximum absolute atomic E-state index is 11.6. The van der Waals surface area contributed by atoms with Crippen LogP contribution < -0.4 is 5.32 Å². The van der Waals surface area contributed by atoms with Crippen LogP contribution in [0.2, 0.25) is 0 Å². The Morgan fingerprint density at radius 3 is 2.33 bits per heavy atom. The van der Waals surface area contributed by atoms with Gasteiger partial charge in [-0.25, -0.2) is 8.42 Å². The molecule has 2 rings (SSSR count). The zero-order chi connectivity index (χ0) is 10.9. The van der Waals surface area contributed by atoms with E-state index in [1.54, 1.807) is 0 Å². The Hall–Kier alpha value is -0.580. The maximum Gasteiger partial charge on any atom is 0.223 e. The normalized spacial score (nSPS) is 22.1. The molecule has 0 atom stereocenters. The zero-order valence-corrected chi connectivity index (χ0v) is 9.55. The van der Waals surface area contributed by atoms with Crippen molar-refractivity contribution in [1.82, 2.24) is 5.32 Å². The summed E-state index contributed by atoms with van der Waals surface area (Å²) in [6, 6.07) is 0. The molecule has 86 valence electrons. The third-order valence-corrected chi connectivity index (χ3v) is 5.45. The Balaban J connectivity index is 1.70. The van der Waals surface area contributed by atoms with E-state index in [-0.39, 0.29) is 29.4 Å². The highest BCUT2D eigenvalue weighted by atomic mass is 32.2. The summed E-state index contributed by atoms with van der Waals surface area (Å²) < 4.78 is 23.3. The summed E-state index contributed by atoms with van der Waals surface area (Å²) >= 11 is 0. The number of rotatable bonds is 5. The minimum absolute atomic E-state index is 0.0267. The number of amides is 1. The van der Waals surface area contributed by atoms with Gasteiger partial charge in [-0.15, -0.1) is 0 Å². The van der Waals surface area contributed by atoms with Gasteiger partial charge in [0.25, 0.3) is 0 Å². The molecule has 2 aliphatic rings. The Morgan fingerprint density at radius 1 is 1.20 bits per heavy atom. The van der Waals surface area contributed by atoms with Crippen molar-refractivity contribution < 1.29 is 13.2 Å². The number of hydrogen-bond acceptors (Lipinski definition) is 3. The van der Waals surface area contributed by atoms with E-state index in [0.29, 0.717) is 0 Å². The first kappa shape index (κ1) is 10.9. The number of hydrogen-bond donors (Lipinski definition) is 1. The highest BCUT2D eigenvalue weighted by Crippen LogP contribution is 2.29. The fraction of sp³-hybridized carbons (Fsp3) is 0.900. The molecule has 15 heavy (non-hydrogen) atoms. The first-order chi connectivity index (χ1) is 7.09. The molecule has 4 nitrogen and oxygen atoms in total. The summed E-state index contributed by atoms with van der Waals surface area (Å²) in [7, 11) is -2.94. The highest BCUT2D eigenvalue weighted by Gasteiger charge is 2.32. The second-order valence-corrected chi connectivity index (χ2v) is 6.89. The van der Waals surface area contributed by atoms with Crippen molar-refractivity contribution in [2.24, 2.45) is 5.92 Å². The average Bonchev–Trinajstić information content (AvgIpc) is 2.80. The summed E-state index contributed by atoms with van der Waals surface area (Å²) in [5, 5.41) is 2.56. The van der Waals surface area contributed by atoms with E-state index in [9.17, 15) is 13.2 Å². The minimum Gasteiger partial charge on any atom is -0.355 e. The van der Waals surface area contributed by atoms with E-state index in [1.807, 2.05) is 0 Å². The lowest BCUT2D eigenvalue weighted by Crippen LogP contribution is -2.36. The molecule has 0 unspecified atom stereocenters. The van der Waals surface area contributed by atoms with Crippen molar-refractivity contribution in [3.8, 4) is 0 Å². The predicted octanol–water partition coefficient (Wildman–Crippen LogP) is 0.480. The molecule has 0 aromatic rings. The molecule has 1 N–H and O–H groups in total. The van der Waals surface area contributed by atoms with Crippen molar-refractivity contribution in [3.63, 3.8) is 0 Å². The van der Waals surface area contributed by atoms with Gasteiger partial charge in [0.1, 0.15) is 0 Å². The van der Waals surface area contributed by atoms with Crippen LogP contribution in [0.15, 0.2) is 0 Å². The smallest absolute Gasteiger partial charge is 0.223 e. The van der Waals surface area contributed by atoms with E-state index in [0.717, 1.165) is 32.1 Å². The van der Waals surface area contributed by atoms with E-state index in [2.05, 4.69) is 5.32 Å². The van der Waals surface area contributed by atoms with Crippen LogP contribution in [0.1, 0.15) is 32.1 Å². The first-order valence-electron chi connectivity index (χ1n) is 5.59. The van der Waals surface area contributed by atoms with Gasteiger partial charge in [0.05, 0.1) is 11.0 Å². The molecule has 0 aromatic carbocycles. The summed E-state index contributed by atoms with van der Waals surface area (Å²) in [5.41, 5.74) is 0. The summed E-state index contributed by atoms with van der Waals surface area (Å²) in [6.45, 7) is 0.286. The van der Waals surface area contributed by atoms with Crippen LogP contribution in [-0.2, 0) is 14.6 Å². The van der Waals surface area contributed by atoms with Crippen molar-refractivity contribution in [1.29, 1.82) is 0 Å². The van der Waals surface area contributed by atoms with E-state index in [4.69, 9.17) is 0 Å². The zero-order valence-electron chi connectivity index (χ0n) is 8.74. The van der Waals surface area contributed by atoms with E-state index in [1.165, 1.54) is 0 Å². The molecule has 0 spiro atoms. The lowest BCUT2D eigenvalue weighted by Gasteiger charge is -2.25. The number of carbonyl (C=O) groups excluding carboxylic acids is 1. The maximum atomic E-state index is 11.6. The van der Waals surface area contributed by atoms with Crippen LogP contribution in [0.5, 0.6) is 0 Å². The van der Waals surface area contributed by atoms with Crippen LogP contribution >= 0.6 is 0 Å². The minimum atomic E-state index is -2.94. The van der Waals surface area contributed by atoms with Crippen LogP contribution in [0.4, 0.5) is 0 Å². The monoisotopic (exact) mass is 231 g/mol. The number of nitrogens with one attached hydrogen (secondary N) is 1. The van der Waals surface area contributed by atoms with E-state index < -0.39 is 9.84 Å². The van der Waals surface area contributed by atoms with Gasteiger partial charge in [-0.3, -0.25) is 4.79 Å². The third kappa shape index (κ3) is 2.71. The fourth-order valence-electron chi connectivity index (χ4n) is 1.70. The Bertz CT molecular complexity index is 342. The van der Waals surface area contributed by atoms with Crippen LogP contribution in [0, 0.1) is 5.92 Å². The molecule has 2 aliphatic carbocycles. The van der Waals surface area contributed by atoms with Gasteiger partial charge in [0, 0.05) is 12.5 Å². The van der Waals surface area contributed by atoms with Crippen LogP contribution in [0.25, 0.3) is 0 Å². The quantitative estimate of drug-likeness (QED) is 0.748. The van der Waals surface area contributed by atoms with Gasteiger partial charge < -0.3 is 5.32 Å². The van der Waals surface area contributed by atoms with Gasteiger partial charge in [-0.05, 0) is 25.7 Å². The van der Waals surface area contributed by atoms with Crippen molar-refractivity contribution in [2.75, 3.05) is 12.3 Å². The van der Waals surface area contributed by atoms with Crippen molar-refractivity contribution >= 4 is 15.7 Å². The van der Waals surface area contributed by atoms with Gasteiger partial charge in [-0.2, -0.15) is 0 Å². The molecule has 5 heteroatoms. The molecular weight excluding hydrogens is 214 g/mol. The lowest BCUT2D eigenvalue weighted by molar-refractivity contribution is -0.122. The highest BCUT2D eigenvalue weighted by molar-refractivity contribution is 7.92. The summed E-state index contributed by atoms with van der Waals surface area (Å²) in [6.07, 6.45) is 4.55. The summed E-state index contributed by atoms with van der Waals surface area (Å²) in [5.74, 6) is 0.297. The largest absolute Gasteiger partial charge is 0.355 e. The second-order valence-electron chi connectivity index (χ2n) is 4.49. The molecular formula is C10H17NO3S. The molecule has 0 bridgehead atoms. The number of sulfone groups is 1. The van der Waals surface area contributed by atoms with Crippen molar-refractivity contribution in [3.05, 3.63) is 0 Å². The molecule has 2 fully saturated rings. The van der Waals surface area contributed by atoms with Gasteiger partial charge >= 0.3 is 0 Å². The average molecular weight is 231 g/mol. The van der Waals surface area contributed by atoms with Gasteiger partial charge in [-0.1, -0.05) is 6.42 Å². The fourth-order valence-corrected chi connectivity index (χ4v) is 3.47. The molecule has 0 radical (unpaired) electrons. The topological polar surface area (TPSA) is 63.2 Å². The van der Waals surface area contributed by atoms with Gasteiger partial charge in [0.2, 0.25) is 5.91 Å². The first-order valence-corrected chi connectivity index (χ1v) is 7.30. The van der Waals surface area contributed by atoms with Crippen LogP contribution in [0.3, 0.4) is 0 Å².